The fourth-order valence-electron chi connectivity index (χ4n) is 1.13. The van der Waals surface area contributed by atoms with Crippen molar-refractivity contribution in [2.45, 2.75) is 0 Å². The topological polar surface area (TPSA) is 27.1 Å². The molecule has 1 heterocycles. The van der Waals surface area contributed by atoms with Gasteiger partial charge in [-0.15, -0.1) is 0 Å². The van der Waals surface area contributed by atoms with Crippen molar-refractivity contribution in [3.63, 3.8) is 0 Å². The number of hydrogen-bond acceptors (Lipinski definition) is 2. The van der Waals surface area contributed by atoms with Crippen molar-refractivity contribution in [1.82, 2.24) is 9.55 Å². The first kappa shape index (κ1) is 10.2. The van der Waals surface area contributed by atoms with Crippen molar-refractivity contribution in [2.75, 3.05) is 0 Å². The second-order valence-electron chi connectivity index (χ2n) is 2.99. The van der Waals surface area contributed by atoms with E-state index < -0.39 is 5.82 Å². The average Bonchev–Trinajstić information content (AvgIpc) is 2.49. The van der Waals surface area contributed by atoms with Crippen LogP contribution in [0.3, 0.4) is 0 Å². The van der Waals surface area contributed by atoms with Gasteiger partial charge in [0, 0.05) is 13.2 Å². The Labute approximate surface area is 94.6 Å². The van der Waals surface area contributed by atoms with Crippen LogP contribution in [0.1, 0.15) is 0 Å². The molecule has 0 aliphatic heterocycles. The number of benzene rings is 1. The molecule has 0 bridgehead atoms. The molecule has 2 rings (SSSR count). The molecular formula is C10H8BrFN2O. The lowest BCUT2D eigenvalue weighted by molar-refractivity contribution is 0.397. The Bertz CT molecular complexity index is 484. The molecule has 0 saturated heterocycles. The van der Waals surface area contributed by atoms with Crippen molar-refractivity contribution in [3.8, 4) is 11.8 Å². The highest BCUT2D eigenvalue weighted by Gasteiger charge is 2.08. The van der Waals surface area contributed by atoms with E-state index in [1.165, 1.54) is 6.07 Å². The molecule has 15 heavy (non-hydrogen) atoms. The molecule has 0 radical (unpaired) electrons. The fourth-order valence-corrected chi connectivity index (χ4v) is 1.59. The summed E-state index contributed by atoms with van der Waals surface area (Å²) in [7, 11) is 1.77. The predicted molar refractivity (Wildman–Crippen MR) is 57.4 cm³/mol. The van der Waals surface area contributed by atoms with Gasteiger partial charge in [-0.1, -0.05) is 12.1 Å². The van der Waals surface area contributed by atoms with Crippen LogP contribution >= 0.6 is 15.9 Å². The van der Waals surface area contributed by atoms with Crippen LogP contribution in [0.15, 0.2) is 35.1 Å². The third-order valence-corrected chi connectivity index (χ3v) is 2.22. The quantitative estimate of drug-likeness (QED) is 0.839. The monoisotopic (exact) mass is 270 g/mol. The molecular weight excluding hydrogens is 263 g/mol. The molecule has 0 saturated carbocycles. The molecule has 0 fully saturated rings. The van der Waals surface area contributed by atoms with E-state index in [2.05, 4.69) is 20.9 Å². The number of aryl methyl sites for hydroxylation is 1. The van der Waals surface area contributed by atoms with Crippen LogP contribution in [0.25, 0.3) is 0 Å². The number of aromatic nitrogens is 2. The summed E-state index contributed by atoms with van der Waals surface area (Å²) < 4.78 is 20.9. The molecule has 0 unspecified atom stereocenters. The van der Waals surface area contributed by atoms with E-state index in [0.717, 1.165) is 0 Å². The Morgan fingerprint density at radius 1 is 1.40 bits per heavy atom. The van der Waals surface area contributed by atoms with Gasteiger partial charge >= 0.3 is 6.01 Å². The number of hydrogen-bond donors (Lipinski definition) is 0. The summed E-state index contributed by atoms with van der Waals surface area (Å²) in [5, 5.41) is 0. The number of ether oxygens (including phenoxy) is 1. The van der Waals surface area contributed by atoms with Gasteiger partial charge in [0.25, 0.3) is 0 Å². The van der Waals surface area contributed by atoms with Gasteiger partial charge in [-0.05, 0) is 28.1 Å². The number of para-hydroxylation sites is 1. The van der Waals surface area contributed by atoms with Gasteiger partial charge in [0.1, 0.15) is 4.60 Å². The van der Waals surface area contributed by atoms with Crippen LogP contribution in [-0.2, 0) is 7.05 Å². The Hall–Kier alpha value is -1.36. The van der Waals surface area contributed by atoms with E-state index in [9.17, 15) is 4.39 Å². The summed E-state index contributed by atoms with van der Waals surface area (Å²) in [5.74, 6) is -0.240. The molecule has 0 spiro atoms. The van der Waals surface area contributed by atoms with Gasteiger partial charge in [0.2, 0.25) is 0 Å². The van der Waals surface area contributed by atoms with E-state index in [0.29, 0.717) is 10.6 Å². The van der Waals surface area contributed by atoms with E-state index in [4.69, 9.17) is 4.74 Å². The van der Waals surface area contributed by atoms with E-state index >= 15 is 0 Å². The smallest absolute Gasteiger partial charge is 0.302 e. The molecule has 0 aliphatic carbocycles. The first-order valence-corrected chi connectivity index (χ1v) is 5.07. The van der Waals surface area contributed by atoms with Gasteiger partial charge in [-0.2, -0.15) is 4.98 Å². The summed E-state index contributed by atoms with van der Waals surface area (Å²) in [6, 6.07) is 6.55. The predicted octanol–water partition coefficient (Wildman–Crippen LogP) is 3.11. The maximum atomic E-state index is 13.2. The van der Waals surface area contributed by atoms with Crippen LogP contribution in [0.5, 0.6) is 11.8 Å². The number of imidazole rings is 1. The van der Waals surface area contributed by atoms with Crippen LogP contribution < -0.4 is 4.74 Å². The fraction of sp³-hybridized carbons (Fsp3) is 0.100. The first-order chi connectivity index (χ1) is 7.16. The summed E-state index contributed by atoms with van der Waals surface area (Å²) in [4.78, 5) is 4.04. The molecule has 0 N–H and O–H groups in total. The van der Waals surface area contributed by atoms with Crippen molar-refractivity contribution >= 4 is 15.9 Å². The first-order valence-electron chi connectivity index (χ1n) is 4.28. The highest BCUT2D eigenvalue weighted by atomic mass is 79.9. The molecule has 3 nitrogen and oxygen atoms in total. The molecule has 2 aromatic rings. The number of nitrogens with zero attached hydrogens (tertiary/aromatic N) is 2. The zero-order chi connectivity index (χ0) is 10.8. The van der Waals surface area contributed by atoms with Crippen LogP contribution in [0, 0.1) is 5.82 Å². The zero-order valence-corrected chi connectivity index (χ0v) is 9.53. The molecule has 78 valence electrons. The summed E-state index contributed by atoms with van der Waals surface area (Å²) in [6.45, 7) is 0. The average molecular weight is 271 g/mol. The largest absolute Gasteiger partial charge is 0.422 e. The second-order valence-corrected chi connectivity index (χ2v) is 3.80. The van der Waals surface area contributed by atoms with Gasteiger partial charge in [-0.25, -0.2) is 4.39 Å². The van der Waals surface area contributed by atoms with Crippen LogP contribution in [0.2, 0.25) is 0 Å². The second kappa shape index (κ2) is 4.02. The van der Waals surface area contributed by atoms with Crippen molar-refractivity contribution < 1.29 is 9.13 Å². The normalized spacial score (nSPS) is 10.3. The molecule has 5 heteroatoms. The minimum absolute atomic E-state index is 0.165. The Balaban J connectivity index is 2.29. The third kappa shape index (κ3) is 2.18. The van der Waals surface area contributed by atoms with E-state index in [1.807, 2.05) is 0 Å². The molecule has 0 aliphatic rings. The number of rotatable bonds is 2. The van der Waals surface area contributed by atoms with Gasteiger partial charge in [-0.3, -0.25) is 0 Å². The Kier molecular flexibility index (Phi) is 2.73. The van der Waals surface area contributed by atoms with Crippen molar-refractivity contribution in [2.24, 2.45) is 7.05 Å². The van der Waals surface area contributed by atoms with Gasteiger partial charge in [0.05, 0.1) is 0 Å². The minimum atomic E-state index is -0.406. The highest BCUT2D eigenvalue weighted by Crippen LogP contribution is 2.24. The summed E-state index contributed by atoms with van der Waals surface area (Å²) in [5.41, 5.74) is 0. The molecule has 1 aromatic heterocycles. The molecule has 0 amide bonds. The zero-order valence-electron chi connectivity index (χ0n) is 7.95. The minimum Gasteiger partial charge on any atom is -0.422 e. The lowest BCUT2D eigenvalue weighted by Gasteiger charge is -2.04. The lowest BCUT2D eigenvalue weighted by Crippen LogP contribution is -1.94. The van der Waals surface area contributed by atoms with Crippen LogP contribution in [-0.4, -0.2) is 9.55 Å². The standard InChI is InChI=1S/C10H8BrFN2O/c1-14-6-9(11)13-10(14)15-8-5-3-2-4-7(8)12/h2-6H,1H3. The number of halogens is 2. The third-order valence-electron chi connectivity index (χ3n) is 1.84. The Morgan fingerprint density at radius 2 is 2.13 bits per heavy atom. The van der Waals surface area contributed by atoms with Crippen LogP contribution in [0.4, 0.5) is 4.39 Å². The summed E-state index contributed by atoms with van der Waals surface area (Å²) >= 11 is 3.21. The lowest BCUT2D eigenvalue weighted by atomic mass is 10.3. The van der Waals surface area contributed by atoms with Crippen molar-refractivity contribution in [3.05, 3.63) is 40.9 Å². The summed E-state index contributed by atoms with van der Waals surface area (Å²) in [6.07, 6.45) is 1.73. The van der Waals surface area contributed by atoms with Crippen molar-refractivity contribution in [1.29, 1.82) is 0 Å². The van der Waals surface area contributed by atoms with E-state index in [1.54, 1.807) is 36.0 Å². The van der Waals surface area contributed by atoms with Gasteiger partial charge < -0.3 is 9.30 Å². The van der Waals surface area contributed by atoms with E-state index in [-0.39, 0.29) is 5.75 Å². The molecule has 1 aromatic carbocycles. The Morgan fingerprint density at radius 3 is 2.73 bits per heavy atom. The maximum Gasteiger partial charge on any atom is 0.302 e. The SMILES string of the molecule is Cn1cc(Br)nc1Oc1ccccc1F. The highest BCUT2D eigenvalue weighted by molar-refractivity contribution is 9.10. The maximum absolute atomic E-state index is 13.2. The molecule has 0 atom stereocenters. The van der Waals surface area contributed by atoms with Gasteiger partial charge in [0.15, 0.2) is 11.6 Å².